The molecule has 27 heavy (non-hydrogen) atoms. The minimum Gasteiger partial charge on any atom is -0.451 e. The van der Waals surface area contributed by atoms with Gasteiger partial charge in [-0.25, -0.2) is 4.79 Å². The maximum Gasteiger partial charge on any atom is 0.440 e. The van der Waals surface area contributed by atoms with Gasteiger partial charge >= 0.3 is 12.3 Å². The molecule has 0 aromatic heterocycles. The number of hydrogen-bond donors (Lipinski definition) is 1. The lowest BCUT2D eigenvalue weighted by Crippen LogP contribution is -2.26. The number of amides is 1. The number of nitrogens with zero attached hydrogens (tertiary/aromatic N) is 1. The number of benzene rings is 2. The molecule has 0 aliphatic carbocycles. The lowest BCUT2D eigenvalue weighted by Gasteiger charge is -2.11. The summed E-state index contributed by atoms with van der Waals surface area (Å²) in [5.74, 6) is 0.119. The van der Waals surface area contributed by atoms with Crippen LogP contribution in [0.25, 0.3) is 0 Å². The zero-order chi connectivity index (χ0) is 19.9. The van der Waals surface area contributed by atoms with E-state index in [0.717, 1.165) is 13.2 Å². The molecule has 0 aliphatic rings. The number of rotatable bonds is 6. The topological polar surface area (TPSA) is 69.2 Å². The van der Waals surface area contributed by atoms with Gasteiger partial charge < -0.3 is 14.4 Å². The Labute approximate surface area is 157 Å². The highest BCUT2D eigenvalue weighted by Gasteiger charge is 2.32. The molecule has 0 atom stereocenters. The fraction of sp³-hybridized carbons (Fsp3) is 0.176. The molecule has 0 fully saturated rings. The summed E-state index contributed by atoms with van der Waals surface area (Å²) in [7, 11) is 1.16. The van der Waals surface area contributed by atoms with Gasteiger partial charge in [0.25, 0.3) is 0 Å². The van der Waals surface area contributed by atoms with Crippen molar-refractivity contribution >= 4 is 23.9 Å². The summed E-state index contributed by atoms with van der Waals surface area (Å²) in [6.45, 7) is -0.354. The van der Waals surface area contributed by atoms with Crippen LogP contribution in [-0.4, -0.2) is 19.4 Å². The number of alkyl halides is 3. The van der Waals surface area contributed by atoms with E-state index in [1.165, 1.54) is 36.5 Å². The van der Waals surface area contributed by atoms with Crippen LogP contribution in [0, 0.1) is 0 Å². The molecule has 0 spiro atoms. The molecule has 2 rings (SSSR count). The summed E-state index contributed by atoms with van der Waals surface area (Å²) in [6, 6.07) is 9.56. The molecule has 10 heteroatoms. The molecule has 2 aromatic rings. The summed E-state index contributed by atoms with van der Waals surface area (Å²) in [6.07, 6.45) is -4.03. The van der Waals surface area contributed by atoms with E-state index in [1.807, 2.05) is 5.48 Å². The Balaban J connectivity index is 2.00. The average Bonchev–Trinajstić information content (AvgIpc) is 2.64. The SMILES string of the molecule is COC(=O)NOc1cc(C=NOCc2ccccc2C(F)(F)F)ccc1Cl. The largest absolute Gasteiger partial charge is 0.451 e. The molecule has 0 aliphatic heterocycles. The Morgan fingerprint density at radius 1 is 1.26 bits per heavy atom. The molecule has 0 saturated carbocycles. The van der Waals surface area contributed by atoms with E-state index in [0.29, 0.717) is 5.56 Å². The van der Waals surface area contributed by atoms with Crippen molar-refractivity contribution in [2.24, 2.45) is 5.16 Å². The highest BCUT2D eigenvalue weighted by molar-refractivity contribution is 6.32. The van der Waals surface area contributed by atoms with Crippen molar-refractivity contribution in [1.29, 1.82) is 0 Å². The Morgan fingerprint density at radius 2 is 2.00 bits per heavy atom. The standard InChI is InChI=1S/C17H14ClF3N2O4/c1-25-16(24)23-27-15-8-11(6-7-14(15)18)9-22-26-10-12-4-2-3-5-13(12)17(19,20)21/h2-9H,10H2,1H3,(H,23,24). The number of ether oxygens (including phenoxy) is 1. The number of halogens is 4. The Hall–Kier alpha value is -2.94. The van der Waals surface area contributed by atoms with Crippen LogP contribution in [0.1, 0.15) is 16.7 Å². The first kappa shape index (κ1) is 20.4. The predicted molar refractivity (Wildman–Crippen MR) is 91.4 cm³/mol. The van der Waals surface area contributed by atoms with Gasteiger partial charge in [0.15, 0.2) is 5.75 Å². The monoisotopic (exact) mass is 402 g/mol. The van der Waals surface area contributed by atoms with Crippen molar-refractivity contribution in [1.82, 2.24) is 5.48 Å². The zero-order valence-corrected chi connectivity index (χ0v) is 14.7. The molecule has 6 nitrogen and oxygen atoms in total. The Kier molecular flexibility index (Phi) is 6.89. The van der Waals surface area contributed by atoms with Crippen molar-refractivity contribution in [3.63, 3.8) is 0 Å². The van der Waals surface area contributed by atoms with Crippen LogP contribution in [0.15, 0.2) is 47.6 Å². The molecule has 0 unspecified atom stereocenters. The smallest absolute Gasteiger partial charge is 0.440 e. The maximum absolute atomic E-state index is 12.9. The Bertz CT molecular complexity index is 828. The first-order valence-corrected chi connectivity index (χ1v) is 7.80. The highest BCUT2D eigenvalue weighted by atomic mass is 35.5. The maximum atomic E-state index is 12.9. The average molecular weight is 403 g/mol. The van der Waals surface area contributed by atoms with Gasteiger partial charge in [0.05, 0.1) is 23.9 Å². The van der Waals surface area contributed by atoms with Gasteiger partial charge in [-0.3, -0.25) is 0 Å². The van der Waals surface area contributed by atoms with Gasteiger partial charge in [-0.05, 0) is 23.8 Å². The van der Waals surface area contributed by atoms with Crippen molar-refractivity contribution < 1.29 is 32.4 Å². The molecule has 0 heterocycles. The van der Waals surface area contributed by atoms with Crippen LogP contribution in [0.3, 0.4) is 0 Å². The number of hydrogen-bond acceptors (Lipinski definition) is 5. The summed E-state index contributed by atoms with van der Waals surface area (Å²) in [5.41, 5.74) is 1.66. The minimum atomic E-state index is -4.47. The first-order valence-electron chi connectivity index (χ1n) is 7.42. The van der Waals surface area contributed by atoms with Gasteiger partial charge in [-0.1, -0.05) is 41.0 Å². The van der Waals surface area contributed by atoms with Gasteiger partial charge in [0.1, 0.15) is 6.61 Å². The van der Waals surface area contributed by atoms with Gasteiger partial charge in [0, 0.05) is 5.56 Å². The number of nitrogens with one attached hydrogen (secondary N) is 1. The third-order valence-corrected chi connectivity index (χ3v) is 3.52. The first-order chi connectivity index (χ1) is 12.8. The van der Waals surface area contributed by atoms with Crippen molar-refractivity contribution in [3.8, 4) is 5.75 Å². The zero-order valence-electron chi connectivity index (χ0n) is 13.9. The summed E-state index contributed by atoms with van der Waals surface area (Å²) >= 11 is 5.92. The Morgan fingerprint density at radius 3 is 2.70 bits per heavy atom. The number of carbonyl (C=O) groups is 1. The van der Waals surface area contributed by atoms with Crippen LogP contribution in [0.2, 0.25) is 5.02 Å². The fourth-order valence-corrected chi connectivity index (χ4v) is 2.10. The minimum absolute atomic E-state index is 0.0374. The predicted octanol–water partition coefficient (Wildman–Crippen LogP) is 4.56. The van der Waals surface area contributed by atoms with E-state index < -0.39 is 17.8 Å². The number of hydroxylamine groups is 1. The van der Waals surface area contributed by atoms with Gasteiger partial charge in [0.2, 0.25) is 0 Å². The summed E-state index contributed by atoms with van der Waals surface area (Å²) in [4.78, 5) is 20.9. The van der Waals surface area contributed by atoms with Crippen molar-refractivity contribution in [2.45, 2.75) is 12.8 Å². The second-order valence-corrected chi connectivity index (χ2v) is 5.46. The van der Waals surface area contributed by atoms with E-state index in [4.69, 9.17) is 21.3 Å². The second-order valence-electron chi connectivity index (χ2n) is 5.05. The van der Waals surface area contributed by atoms with Crippen molar-refractivity contribution in [2.75, 3.05) is 7.11 Å². The van der Waals surface area contributed by atoms with Crippen LogP contribution in [-0.2, 0) is 22.4 Å². The fourth-order valence-electron chi connectivity index (χ4n) is 1.94. The summed E-state index contributed by atoms with van der Waals surface area (Å²) in [5, 5.41) is 3.85. The molecule has 144 valence electrons. The van der Waals surface area contributed by atoms with Crippen molar-refractivity contribution in [3.05, 3.63) is 64.2 Å². The normalized spacial score (nSPS) is 11.3. The van der Waals surface area contributed by atoms with Crippen LogP contribution in [0.4, 0.5) is 18.0 Å². The van der Waals surface area contributed by atoms with E-state index in [-0.39, 0.29) is 22.9 Å². The number of carbonyl (C=O) groups excluding carboxylic acids is 1. The highest BCUT2D eigenvalue weighted by Crippen LogP contribution is 2.32. The molecular formula is C17H14ClF3N2O4. The van der Waals surface area contributed by atoms with E-state index >= 15 is 0 Å². The molecule has 1 N–H and O–H groups in total. The molecule has 0 saturated heterocycles. The molecule has 2 aromatic carbocycles. The third-order valence-electron chi connectivity index (χ3n) is 3.20. The van der Waals surface area contributed by atoms with Gasteiger partial charge in [-0.2, -0.15) is 18.7 Å². The second kappa shape index (κ2) is 9.13. The third kappa shape index (κ3) is 6.07. The summed E-state index contributed by atoms with van der Waals surface area (Å²) < 4.78 is 43.1. The molecule has 1 amide bonds. The van der Waals surface area contributed by atoms with E-state index in [1.54, 1.807) is 6.07 Å². The van der Waals surface area contributed by atoms with E-state index in [2.05, 4.69) is 9.89 Å². The lowest BCUT2D eigenvalue weighted by molar-refractivity contribution is -0.138. The van der Waals surface area contributed by atoms with Crippen LogP contribution in [0.5, 0.6) is 5.75 Å². The molecule has 0 radical (unpaired) electrons. The lowest BCUT2D eigenvalue weighted by atomic mass is 10.1. The van der Waals surface area contributed by atoms with E-state index in [9.17, 15) is 18.0 Å². The van der Waals surface area contributed by atoms with Crippen LogP contribution < -0.4 is 10.3 Å². The van der Waals surface area contributed by atoms with Crippen LogP contribution >= 0.6 is 11.6 Å². The number of oxime groups is 1. The quantitative estimate of drug-likeness (QED) is 0.568. The molecule has 0 bridgehead atoms. The van der Waals surface area contributed by atoms with Gasteiger partial charge in [-0.15, -0.1) is 0 Å². The molecular weight excluding hydrogens is 389 g/mol. The number of methoxy groups -OCH3 is 1.